The predicted octanol–water partition coefficient (Wildman–Crippen LogP) is 5.91. The molecule has 8 nitrogen and oxygen atoms in total. The lowest BCUT2D eigenvalue weighted by Gasteiger charge is -2.28. The molecule has 0 spiro atoms. The number of anilines is 2. The molecule has 4 heterocycles. The fourth-order valence-corrected chi connectivity index (χ4v) is 5.04. The first-order chi connectivity index (χ1) is 18.7. The zero-order chi connectivity index (χ0) is 25.9. The average molecular weight is 521 g/mol. The molecule has 2 aromatic carbocycles. The maximum atomic E-state index is 13.6. The van der Waals surface area contributed by atoms with Crippen LogP contribution in [0, 0.1) is 0 Å². The molecule has 1 amide bonds. The van der Waals surface area contributed by atoms with E-state index >= 15 is 0 Å². The number of hydrogen-bond donors (Lipinski definition) is 2. The largest absolute Gasteiger partial charge is 0.489 e. The van der Waals surface area contributed by atoms with E-state index in [-0.39, 0.29) is 5.91 Å². The molecular formula is C29H24N6O2S. The maximum Gasteiger partial charge on any atom is 0.255 e. The summed E-state index contributed by atoms with van der Waals surface area (Å²) in [7, 11) is 0. The van der Waals surface area contributed by atoms with E-state index in [4.69, 9.17) is 14.8 Å². The van der Waals surface area contributed by atoms with Crippen molar-refractivity contribution in [2.75, 3.05) is 10.6 Å². The Hall–Kier alpha value is -4.76. The molecule has 5 aromatic rings. The van der Waals surface area contributed by atoms with Gasteiger partial charge in [0.1, 0.15) is 18.4 Å². The van der Waals surface area contributed by atoms with Crippen molar-refractivity contribution in [2.24, 2.45) is 0 Å². The number of hydrogen-bond acceptors (Lipinski definition) is 7. The number of ether oxygens (including phenoxy) is 1. The van der Waals surface area contributed by atoms with E-state index in [1.807, 2.05) is 79.0 Å². The molecule has 1 unspecified atom stereocenters. The van der Waals surface area contributed by atoms with E-state index in [9.17, 15) is 4.79 Å². The number of nitrogens with zero attached hydrogens (tertiary/aromatic N) is 4. The van der Waals surface area contributed by atoms with Crippen LogP contribution in [-0.4, -0.2) is 25.7 Å². The van der Waals surface area contributed by atoms with Crippen LogP contribution in [0.3, 0.4) is 0 Å². The molecule has 38 heavy (non-hydrogen) atoms. The Labute approximate surface area is 223 Å². The second-order valence-corrected chi connectivity index (χ2v) is 9.73. The number of nitrogens with one attached hydrogen (secondary N) is 2. The molecule has 0 aliphatic carbocycles. The maximum absolute atomic E-state index is 13.6. The van der Waals surface area contributed by atoms with E-state index < -0.39 is 6.04 Å². The molecule has 2 N–H and O–H groups in total. The lowest BCUT2D eigenvalue weighted by molar-refractivity contribution is -0.113. The van der Waals surface area contributed by atoms with Crippen molar-refractivity contribution in [2.45, 2.75) is 19.6 Å². The molecule has 188 valence electrons. The van der Waals surface area contributed by atoms with Gasteiger partial charge >= 0.3 is 0 Å². The van der Waals surface area contributed by atoms with Crippen LogP contribution in [0.1, 0.15) is 24.1 Å². The van der Waals surface area contributed by atoms with Crippen LogP contribution < -0.4 is 15.4 Å². The van der Waals surface area contributed by atoms with Gasteiger partial charge in [-0.25, -0.2) is 4.68 Å². The molecule has 1 aliphatic rings. The summed E-state index contributed by atoms with van der Waals surface area (Å²) in [5, 5.41) is 13.1. The van der Waals surface area contributed by atoms with Gasteiger partial charge in [-0.1, -0.05) is 48.5 Å². The van der Waals surface area contributed by atoms with Gasteiger partial charge in [0.2, 0.25) is 5.95 Å². The van der Waals surface area contributed by atoms with Gasteiger partial charge in [0.15, 0.2) is 5.82 Å². The number of carbonyl (C=O) groups excluding carboxylic acids is 1. The third kappa shape index (κ3) is 4.79. The van der Waals surface area contributed by atoms with E-state index in [2.05, 4.69) is 15.6 Å². The minimum atomic E-state index is -0.493. The number of benzene rings is 2. The minimum Gasteiger partial charge on any atom is -0.489 e. The van der Waals surface area contributed by atoms with Gasteiger partial charge in [0, 0.05) is 11.9 Å². The fourth-order valence-electron chi connectivity index (χ4n) is 4.39. The van der Waals surface area contributed by atoms with Crippen molar-refractivity contribution in [3.05, 3.63) is 119 Å². The SMILES string of the molecule is CC1=C(C(=O)Nc2cccnc2)C(c2ccc(OCc3ccccc3)cc2)n2nc(-c3cccs3)nc2N1. The van der Waals surface area contributed by atoms with Crippen molar-refractivity contribution in [1.29, 1.82) is 0 Å². The van der Waals surface area contributed by atoms with Gasteiger partial charge in [-0.2, -0.15) is 4.98 Å². The number of carbonyl (C=O) groups is 1. The van der Waals surface area contributed by atoms with Crippen LogP contribution in [0.15, 0.2) is 108 Å². The second kappa shape index (κ2) is 10.3. The number of allylic oxidation sites excluding steroid dienone is 1. The zero-order valence-electron chi connectivity index (χ0n) is 20.5. The highest BCUT2D eigenvalue weighted by Gasteiger charge is 2.34. The van der Waals surface area contributed by atoms with Gasteiger partial charge in [0.25, 0.3) is 5.91 Å². The molecule has 0 radical (unpaired) electrons. The standard InChI is InChI=1S/C29H24N6O2S/c1-19-25(28(36)32-22-9-5-15-30-17-22)26(35-29(31-19)33-27(34-35)24-10-6-16-38-24)21-11-13-23(14-12-21)37-18-20-7-3-2-4-8-20/h2-17,26H,18H2,1H3,(H,32,36)(H,31,33,34). The van der Waals surface area contributed by atoms with Crippen molar-refractivity contribution < 1.29 is 9.53 Å². The summed E-state index contributed by atoms with van der Waals surface area (Å²) >= 11 is 1.57. The monoisotopic (exact) mass is 520 g/mol. The van der Waals surface area contributed by atoms with E-state index in [1.165, 1.54) is 0 Å². The number of fused-ring (bicyclic) bond motifs is 1. The van der Waals surface area contributed by atoms with Gasteiger partial charge in [-0.3, -0.25) is 9.78 Å². The number of aromatic nitrogens is 4. The van der Waals surface area contributed by atoms with Gasteiger partial charge in [-0.15, -0.1) is 16.4 Å². The highest BCUT2D eigenvalue weighted by molar-refractivity contribution is 7.13. The smallest absolute Gasteiger partial charge is 0.255 e. The van der Waals surface area contributed by atoms with Crippen molar-refractivity contribution in [1.82, 2.24) is 19.7 Å². The lowest BCUT2D eigenvalue weighted by atomic mass is 9.95. The Morgan fingerprint density at radius 3 is 2.63 bits per heavy atom. The Morgan fingerprint density at radius 1 is 1.05 bits per heavy atom. The van der Waals surface area contributed by atoms with Gasteiger partial charge in [0.05, 0.1) is 22.3 Å². The first kappa shape index (κ1) is 23.6. The molecule has 1 atom stereocenters. The van der Waals surface area contributed by atoms with E-state index in [0.717, 1.165) is 21.8 Å². The summed E-state index contributed by atoms with van der Waals surface area (Å²) in [6.45, 7) is 2.36. The number of rotatable bonds is 7. The molecule has 9 heteroatoms. The third-order valence-electron chi connectivity index (χ3n) is 6.20. The molecule has 3 aromatic heterocycles. The normalized spacial score (nSPS) is 14.5. The Kier molecular flexibility index (Phi) is 6.41. The first-order valence-corrected chi connectivity index (χ1v) is 13.0. The predicted molar refractivity (Wildman–Crippen MR) is 148 cm³/mol. The first-order valence-electron chi connectivity index (χ1n) is 12.1. The van der Waals surface area contributed by atoms with Crippen molar-refractivity contribution in [3.8, 4) is 16.5 Å². The summed E-state index contributed by atoms with van der Waals surface area (Å²) in [6, 6.07) is 24.8. The summed E-state index contributed by atoms with van der Waals surface area (Å²) in [6.07, 6.45) is 3.29. The van der Waals surface area contributed by atoms with E-state index in [0.29, 0.717) is 35.3 Å². The minimum absolute atomic E-state index is 0.240. The molecule has 1 aliphatic heterocycles. The zero-order valence-corrected chi connectivity index (χ0v) is 21.4. The number of thiophene rings is 1. The summed E-state index contributed by atoms with van der Waals surface area (Å²) in [5.74, 6) is 1.69. The topological polar surface area (TPSA) is 94.0 Å². The summed E-state index contributed by atoms with van der Waals surface area (Å²) in [4.78, 5) is 23.4. The second-order valence-electron chi connectivity index (χ2n) is 8.79. The van der Waals surface area contributed by atoms with Crippen LogP contribution in [0.2, 0.25) is 0 Å². The van der Waals surface area contributed by atoms with Crippen LogP contribution in [0.25, 0.3) is 10.7 Å². The molecule has 0 fully saturated rings. The van der Waals surface area contributed by atoms with Gasteiger partial charge in [-0.05, 0) is 53.8 Å². The van der Waals surface area contributed by atoms with Gasteiger partial charge < -0.3 is 15.4 Å². The lowest BCUT2D eigenvalue weighted by Crippen LogP contribution is -2.31. The van der Waals surface area contributed by atoms with Crippen LogP contribution in [-0.2, 0) is 11.4 Å². The van der Waals surface area contributed by atoms with Crippen molar-refractivity contribution >= 4 is 28.9 Å². The molecular weight excluding hydrogens is 496 g/mol. The number of pyridine rings is 1. The highest BCUT2D eigenvalue weighted by Crippen LogP contribution is 2.37. The fraction of sp³-hybridized carbons (Fsp3) is 0.103. The van der Waals surface area contributed by atoms with Crippen LogP contribution in [0.4, 0.5) is 11.6 Å². The molecule has 6 rings (SSSR count). The Morgan fingerprint density at radius 2 is 1.89 bits per heavy atom. The Balaban J connectivity index is 1.34. The highest BCUT2D eigenvalue weighted by atomic mass is 32.1. The van der Waals surface area contributed by atoms with Crippen molar-refractivity contribution in [3.63, 3.8) is 0 Å². The molecule has 0 saturated carbocycles. The van der Waals surface area contributed by atoms with Crippen LogP contribution >= 0.6 is 11.3 Å². The average Bonchev–Trinajstić information content (AvgIpc) is 3.63. The summed E-state index contributed by atoms with van der Waals surface area (Å²) in [5.41, 5.74) is 3.85. The third-order valence-corrected chi connectivity index (χ3v) is 7.07. The molecule has 0 bridgehead atoms. The molecule has 0 saturated heterocycles. The number of amides is 1. The quantitative estimate of drug-likeness (QED) is 0.277. The Bertz CT molecular complexity index is 1580. The summed E-state index contributed by atoms with van der Waals surface area (Å²) < 4.78 is 7.77. The van der Waals surface area contributed by atoms with E-state index in [1.54, 1.807) is 40.5 Å². The van der Waals surface area contributed by atoms with Crippen LogP contribution in [0.5, 0.6) is 5.75 Å².